The fraction of sp³-hybridized carbons (Fsp3) is 1.00. The summed E-state index contributed by atoms with van der Waals surface area (Å²) in [7, 11) is 0. The van der Waals surface area contributed by atoms with Gasteiger partial charge in [-0.1, -0.05) is 0 Å². The summed E-state index contributed by atoms with van der Waals surface area (Å²) in [5.74, 6) is 0. The molecule has 0 aromatic rings. The van der Waals surface area contributed by atoms with Crippen molar-refractivity contribution in [2.45, 2.75) is 6.92 Å². The molecular formula is C2H7ClNiO. The summed E-state index contributed by atoms with van der Waals surface area (Å²) in [6, 6.07) is 0. The van der Waals surface area contributed by atoms with Crippen LogP contribution in [-0.4, -0.2) is 11.7 Å². The van der Waals surface area contributed by atoms with Crippen molar-refractivity contribution < 1.29 is 21.6 Å². The summed E-state index contributed by atoms with van der Waals surface area (Å²) in [4.78, 5) is 0. The smallest absolute Gasteiger partial charge is 0.0402 e. The Morgan fingerprint density at radius 1 is 1.60 bits per heavy atom. The molecule has 0 bridgehead atoms. The van der Waals surface area contributed by atoms with Crippen molar-refractivity contribution in [2.24, 2.45) is 0 Å². The van der Waals surface area contributed by atoms with E-state index in [4.69, 9.17) is 5.11 Å². The Labute approximate surface area is 48.1 Å². The Morgan fingerprint density at radius 2 is 1.60 bits per heavy atom. The van der Waals surface area contributed by atoms with Gasteiger partial charge < -0.3 is 5.11 Å². The van der Waals surface area contributed by atoms with Gasteiger partial charge in [0.2, 0.25) is 0 Å². The van der Waals surface area contributed by atoms with E-state index in [0.29, 0.717) is 0 Å². The Hall–Kier alpha value is 0.744. The summed E-state index contributed by atoms with van der Waals surface area (Å²) in [6.45, 7) is 1.93. The van der Waals surface area contributed by atoms with E-state index >= 15 is 0 Å². The maximum absolute atomic E-state index is 7.57. The second-order valence-corrected chi connectivity index (χ2v) is 0.316. The fourth-order valence-electron chi connectivity index (χ4n) is 0. The van der Waals surface area contributed by atoms with Crippen molar-refractivity contribution >= 4 is 12.4 Å². The Bertz CT molecular complexity index is 9.61. The monoisotopic (exact) mass is 140 g/mol. The minimum absolute atomic E-state index is 0. The van der Waals surface area contributed by atoms with Crippen LogP contribution in [0.3, 0.4) is 0 Å². The third kappa shape index (κ3) is 64.6. The zero-order valence-electron chi connectivity index (χ0n) is 2.88. The largest absolute Gasteiger partial charge is 0.397 e. The standard InChI is InChI=1S/C2H6O.ClH.Ni/c1-2-3;;/h3H,2H2,1H3;1H;. The molecule has 0 radical (unpaired) electrons. The first-order chi connectivity index (χ1) is 1.41. The molecule has 0 heterocycles. The average Bonchev–Trinajstić information content (AvgIpc) is 0.918. The first kappa shape index (κ1) is 17.2. The van der Waals surface area contributed by atoms with E-state index in [9.17, 15) is 0 Å². The molecule has 0 aliphatic rings. The Balaban J connectivity index is -0.0000000200. The quantitative estimate of drug-likeness (QED) is 0.485. The maximum atomic E-state index is 7.57. The molecule has 0 spiro atoms. The molecule has 3 heteroatoms. The van der Waals surface area contributed by atoms with Crippen LogP contribution in [0.5, 0.6) is 0 Å². The van der Waals surface area contributed by atoms with Gasteiger partial charge in [0.15, 0.2) is 0 Å². The van der Waals surface area contributed by atoms with Gasteiger partial charge in [-0.15, -0.1) is 12.4 Å². The molecular weight excluding hydrogens is 134 g/mol. The molecule has 1 nitrogen and oxygen atoms in total. The molecule has 0 amide bonds. The van der Waals surface area contributed by atoms with Crippen LogP contribution < -0.4 is 0 Å². The summed E-state index contributed by atoms with van der Waals surface area (Å²) in [6.07, 6.45) is 0. The van der Waals surface area contributed by atoms with E-state index in [2.05, 4.69) is 0 Å². The number of aliphatic hydroxyl groups excluding tert-OH is 1. The van der Waals surface area contributed by atoms with Gasteiger partial charge in [-0.25, -0.2) is 0 Å². The van der Waals surface area contributed by atoms with E-state index < -0.39 is 0 Å². The molecule has 5 heavy (non-hydrogen) atoms. The average molecular weight is 141 g/mol. The molecule has 0 rings (SSSR count). The minimum atomic E-state index is 0. The zero-order chi connectivity index (χ0) is 2.71. The number of rotatable bonds is 0. The third-order valence-corrected chi connectivity index (χ3v) is 0. The molecule has 0 aromatic heterocycles. The van der Waals surface area contributed by atoms with Gasteiger partial charge in [0.25, 0.3) is 0 Å². The second kappa shape index (κ2) is 21.9. The second-order valence-electron chi connectivity index (χ2n) is 0.316. The molecule has 0 atom stereocenters. The number of aliphatic hydroxyl groups is 1. The Kier molecular flexibility index (Phi) is 75.1. The maximum Gasteiger partial charge on any atom is 0.0402 e. The molecule has 0 fully saturated rings. The topological polar surface area (TPSA) is 20.2 Å². The van der Waals surface area contributed by atoms with Crippen LogP contribution in [0.15, 0.2) is 0 Å². The van der Waals surface area contributed by atoms with Crippen LogP contribution in [0.25, 0.3) is 0 Å². The number of hydrogen-bond acceptors (Lipinski definition) is 1. The Morgan fingerprint density at radius 3 is 1.60 bits per heavy atom. The molecule has 1 N–H and O–H groups in total. The van der Waals surface area contributed by atoms with E-state index in [1.807, 2.05) is 0 Å². The van der Waals surface area contributed by atoms with Crippen molar-refractivity contribution in [2.75, 3.05) is 6.61 Å². The zero-order valence-corrected chi connectivity index (χ0v) is 4.68. The van der Waals surface area contributed by atoms with Crippen LogP contribution in [0.4, 0.5) is 0 Å². The van der Waals surface area contributed by atoms with Gasteiger partial charge in [-0.3, -0.25) is 0 Å². The van der Waals surface area contributed by atoms with E-state index in [-0.39, 0.29) is 35.5 Å². The van der Waals surface area contributed by atoms with Crippen LogP contribution >= 0.6 is 12.4 Å². The van der Waals surface area contributed by atoms with Gasteiger partial charge in [0.05, 0.1) is 0 Å². The summed E-state index contributed by atoms with van der Waals surface area (Å²) in [5.41, 5.74) is 0. The first-order valence-electron chi connectivity index (χ1n) is 1.02. The molecule has 0 saturated heterocycles. The van der Waals surface area contributed by atoms with Crippen LogP contribution in [0.1, 0.15) is 6.92 Å². The van der Waals surface area contributed by atoms with Crippen LogP contribution in [-0.2, 0) is 16.5 Å². The molecule has 0 saturated carbocycles. The van der Waals surface area contributed by atoms with Crippen molar-refractivity contribution in [3.63, 3.8) is 0 Å². The summed E-state index contributed by atoms with van der Waals surface area (Å²) in [5, 5.41) is 7.57. The van der Waals surface area contributed by atoms with Crippen LogP contribution in [0.2, 0.25) is 0 Å². The van der Waals surface area contributed by atoms with Crippen molar-refractivity contribution in [3.05, 3.63) is 0 Å². The van der Waals surface area contributed by atoms with E-state index in [1.54, 1.807) is 6.92 Å². The van der Waals surface area contributed by atoms with Crippen molar-refractivity contribution in [3.8, 4) is 0 Å². The normalized spacial score (nSPS) is 3.60. The molecule has 0 aliphatic carbocycles. The van der Waals surface area contributed by atoms with E-state index in [0.717, 1.165) is 0 Å². The predicted octanol–water partition coefficient (Wildman–Crippen LogP) is 0.418. The van der Waals surface area contributed by atoms with Crippen molar-refractivity contribution in [1.29, 1.82) is 0 Å². The van der Waals surface area contributed by atoms with Gasteiger partial charge in [-0.2, -0.15) is 0 Å². The summed E-state index contributed by atoms with van der Waals surface area (Å²) < 4.78 is 0. The van der Waals surface area contributed by atoms with Gasteiger partial charge >= 0.3 is 0 Å². The molecule has 0 unspecified atom stereocenters. The molecule has 0 aromatic carbocycles. The number of halogens is 1. The molecule has 38 valence electrons. The van der Waals surface area contributed by atoms with Gasteiger partial charge in [-0.05, 0) is 6.92 Å². The molecule has 0 aliphatic heterocycles. The van der Waals surface area contributed by atoms with E-state index in [1.165, 1.54) is 0 Å². The van der Waals surface area contributed by atoms with Crippen molar-refractivity contribution in [1.82, 2.24) is 0 Å². The predicted molar refractivity (Wildman–Crippen MR) is 20.0 cm³/mol. The fourth-order valence-corrected chi connectivity index (χ4v) is 0. The summed E-state index contributed by atoms with van der Waals surface area (Å²) >= 11 is 0. The SMILES string of the molecule is CCO.Cl.[Ni]. The number of hydrogen-bond donors (Lipinski definition) is 1. The van der Waals surface area contributed by atoms with Gasteiger partial charge in [0, 0.05) is 23.1 Å². The van der Waals surface area contributed by atoms with Gasteiger partial charge in [0.1, 0.15) is 0 Å². The first-order valence-corrected chi connectivity index (χ1v) is 1.02. The third-order valence-electron chi connectivity index (χ3n) is 0. The van der Waals surface area contributed by atoms with Crippen LogP contribution in [0, 0.1) is 0 Å². The minimum Gasteiger partial charge on any atom is -0.397 e.